The Morgan fingerprint density at radius 1 is 1.00 bits per heavy atom. The van der Waals surface area contributed by atoms with E-state index in [1.165, 1.54) is 0 Å². The predicted octanol–water partition coefficient (Wildman–Crippen LogP) is 4.43. The number of aromatic hydroxyl groups is 1. The van der Waals surface area contributed by atoms with E-state index in [2.05, 4.69) is 17.2 Å². The highest BCUT2D eigenvalue weighted by molar-refractivity contribution is 6.04. The Morgan fingerprint density at radius 2 is 1.67 bits per heavy atom. The van der Waals surface area contributed by atoms with Crippen molar-refractivity contribution >= 4 is 17.2 Å². The van der Waals surface area contributed by atoms with Gasteiger partial charge in [0.2, 0.25) is 5.91 Å². The fraction of sp³-hybridized carbons (Fsp3) is 0.160. The van der Waals surface area contributed by atoms with E-state index in [1.807, 2.05) is 61.6 Å². The van der Waals surface area contributed by atoms with Crippen LogP contribution in [-0.2, 0) is 4.79 Å². The molecule has 3 aromatic rings. The standard InChI is InChI=1S/C25H26N2O3/c1-18(19-6-4-3-5-7-19)24(20-8-12-22(28)13-9-20)25(29)27-21-10-14-23(15-11-21)30-17-16-26-2/h3-15,24,26,28H,1,16-17H2,2H3,(H,27,29). The number of hydrogen-bond acceptors (Lipinski definition) is 4. The zero-order valence-corrected chi connectivity index (χ0v) is 17.0. The average molecular weight is 402 g/mol. The molecule has 0 radical (unpaired) electrons. The van der Waals surface area contributed by atoms with E-state index in [-0.39, 0.29) is 11.7 Å². The van der Waals surface area contributed by atoms with Crippen LogP contribution in [0.2, 0.25) is 0 Å². The maximum Gasteiger partial charge on any atom is 0.236 e. The third-order valence-electron chi connectivity index (χ3n) is 4.72. The van der Waals surface area contributed by atoms with Crippen LogP contribution in [0.25, 0.3) is 5.57 Å². The molecule has 0 saturated carbocycles. The molecular weight excluding hydrogens is 376 g/mol. The Morgan fingerprint density at radius 3 is 2.30 bits per heavy atom. The molecule has 5 nitrogen and oxygen atoms in total. The van der Waals surface area contributed by atoms with Crippen LogP contribution in [0.5, 0.6) is 11.5 Å². The van der Waals surface area contributed by atoms with Gasteiger partial charge in [-0.2, -0.15) is 0 Å². The number of likely N-dealkylation sites (N-methyl/N-ethyl adjacent to an activating group) is 1. The second kappa shape index (κ2) is 10.3. The lowest BCUT2D eigenvalue weighted by Gasteiger charge is -2.20. The van der Waals surface area contributed by atoms with E-state index >= 15 is 0 Å². The van der Waals surface area contributed by atoms with Gasteiger partial charge in [-0.1, -0.05) is 49.0 Å². The van der Waals surface area contributed by atoms with E-state index < -0.39 is 5.92 Å². The van der Waals surface area contributed by atoms with Crippen molar-refractivity contribution < 1.29 is 14.6 Å². The van der Waals surface area contributed by atoms with Gasteiger partial charge < -0.3 is 20.5 Å². The van der Waals surface area contributed by atoms with Gasteiger partial charge in [-0.3, -0.25) is 4.79 Å². The van der Waals surface area contributed by atoms with E-state index in [1.54, 1.807) is 24.3 Å². The van der Waals surface area contributed by atoms with Gasteiger partial charge in [0.1, 0.15) is 18.1 Å². The van der Waals surface area contributed by atoms with E-state index in [0.29, 0.717) is 17.9 Å². The quantitative estimate of drug-likeness (QED) is 0.463. The lowest BCUT2D eigenvalue weighted by Crippen LogP contribution is -2.22. The lowest BCUT2D eigenvalue weighted by molar-refractivity contribution is -0.116. The molecule has 0 aliphatic heterocycles. The second-order valence-electron chi connectivity index (χ2n) is 6.88. The van der Waals surface area contributed by atoms with Crippen molar-refractivity contribution in [2.24, 2.45) is 0 Å². The van der Waals surface area contributed by atoms with Gasteiger partial charge in [0.15, 0.2) is 0 Å². The molecule has 5 heteroatoms. The molecule has 0 fully saturated rings. The maximum absolute atomic E-state index is 13.2. The molecule has 0 aliphatic carbocycles. The molecule has 1 unspecified atom stereocenters. The summed E-state index contributed by atoms with van der Waals surface area (Å²) in [5.74, 6) is 0.0991. The van der Waals surface area contributed by atoms with Gasteiger partial charge in [-0.15, -0.1) is 0 Å². The molecule has 1 atom stereocenters. The first-order chi connectivity index (χ1) is 14.6. The van der Waals surface area contributed by atoms with Gasteiger partial charge in [-0.25, -0.2) is 0 Å². The van der Waals surface area contributed by atoms with Crippen LogP contribution >= 0.6 is 0 Å². The number of phenols is 1. The maximum atomic E-state index is 13.2. The van der Waals surface area contributed by atoms with Crippen molar-refractivity contribution in [3.63, 3.8) is 0 Å². The highest BCUT2D eigenvalue weighted by Gasteiger charge is 2.25. The molecule has 1 amide bonds. The van der Waals surface area contributed by atoms with E-state index in [4.69, 9.17) is 4.74 Å². The van der Waals surface area contributed by atoms with Crippen LogP contribution in [-0.4, -0.2) is 31.2 Å². The minimum Gasteiger partial charge on any atom is -0.508 e. The number of benzene rings is 3. The number of anilines is 1. The summed E-state index contributed by atoms with van der Waals surface area (Å²) < 4.78 is 5.62. The number of ether oxygens (including phenoxy) is 1. The summed E-state index contributed by atoms with van der Waals surface area (Å²) in [5.41, 5.74) is 3.00. The van der Waals surface area contributed by atoms with Gasteiger partial charge in [-0.05, 0) is 60.1 Å². The molecule has 30 heavy (non-hydrogen) atoms. The van der Waals surface area contributed by atoms with Gasteiger partial charge >= 0.3 is 0 Å². The smallest absolute Gasteiger partial charge is 0.236 e. The topological polar surface area (TPSA) is 70.6 Å². The highest BCUT2D eigenvalue weighted by atomic mass is 16.5. The molecule has 3 rings (SSSR count). The SMILES string of the molecule is C=C(c1ccccc1)C(C(=O)Nc1ccc(OCCNC)cc1)c1ccc(O)cc1. The Kier molecular flexibility index (Phi) is 7.24. The molecule has 0 bridgehead atoms. The molecule has 0 heterocycles. The summed E-state index contributed by atoms with van der Waals surface area (Å²) in [4.78, 5) is 13.2. The monoisotopic (exact) mass is 402 g/mol. The van der Waals surface area contributed by atoms with Crippen LogP contribution < -0.4 is 15.4 Å². The normalized spacial score (nSPS) is 11.5. The fourth-order valence-electron chi connectivity index (χ4n) is 3.12. The molecule has 154 valence electrons. The summed E-state index contributed by atoms with van der Waals surface area (Å²) in [6, 6.07) is 23.5. The number of rotatable bonds is 9. The van der Waals surface area contributed by atoms with Crippen molar-refractivity contribution in [1.82, 2.24) is 5.32 Å². The predicted molar refractivity (Wildman–Crippen MR) is 121 cm³/mol. The molecule has 3 N–H and O–H groups in total. The molecule has 0 aliphatic rings. The first kappa shape index (κ1) is 21.1. The summed E-state index contributed by atoms with van der Waals surface area (Å²) in [5, 5.41) is 15.6. The highest BCUT2D eigenvalue weighted by Crippen LogP contribution is 2.33. The van der Waals surface area contributed by atoms with Crippen molar-refractivity contribution in [3.8, 4) is 11.5 Å². The Hall–Kier alpha value is -3.57. The summed E-state index contributed by atoms with van der Waals surface area (Å²) in [7, 11) is 1.87. The minimum absolute atomic E-state index is 0.150. The van der Waals surface area contributed by atoms with E-state index in [0.717, 1.165) is 23.4 Å². The molecule has 0 aromatic heterocycles. The molecular formula is C25H26N2O3. The van der Waals surface area contributed by atoms with Crippen LogP contribution in [0.1, 0.15) is 17.0 Å². The number of phenolic OH excluding ortho intramolecular Hbond substituents is 1. The first-order valence-electron chi connectivity index (χ1n) is 9.80. The van der Waals surface area contributed by atoms with Crippen molar-refractivity contribution in [3.05, 3.63) is 96.6 Å². The number of carbonyl (C=O) groups is 1. The summed E-state index contributed by atoms with van der Waals surface area (Å²) in [6.07, 6.45) is 0. The molecule has 3 aromatic carbocycles. The summed E-state index contributed by atoms with van der Waals surface area (Å²) in [6.45, 7) is 5.52. The Bertz CT molecular complexity index is 968. The summed E-state index contributed by atoms with van der Waals surface area (Å²) >= 11 is 0. The first-order valence-corrected chi connectivity index (χ1v) is 9.80. The number of amides is 1. The zero-order valence-electron chi connectivity index (χ0n) is 17.0. The third-order valence-corrected chi connectivity index (χ3v) is 4.72. The second-order valence-corrected chi connectivity index (χ2v) is 6.88. The Labute approximate surface area is 177 Å². The third kappa shape index (κ3) is 5.49. The van der Waals surface area contributed by atoms with Crippen molar-refractivity contribution in [1.29, 1.82) is 0 Å². The fourth-order valence-corrected chi connectivity index (χ4v) is 3.12. The van der Waals surface area contributed by atoms with Crippen molar-refractivity contribution in [2.45, 2.75) is 5.92 Å². The van der Waals surface area contributed by atoms with E-state index in [9.17, 15) is 9.90 Å². The van der Waals surface area contributed by atoms with Crippen LogP contribution in [0.15, 0.2) is 85.4 Å². The van der Waals surface area contributed by atoms with Crippen molar-refractivity contribution in [2.75, 3.05) is 25.5 Å². The van der Waals surface area contributed by atoms with Crippen LogP contribution in [0.4, 0.5) is 5.69 Å². The number of hydrogen-bond donors (Lipinski definition) is 3. The lowest BCUT2D eigenvalue weighted by atomic mass is 9.87. The number of nitrogens with one attached hydrogen (secondary N) is 2. The molecule has 0 spiro atoms. The number of carbonyl (C=O) groups excluding carboxylic acids is 1. The molecule has 0 saturated heterocycles. The van der Waals surface area contributed by atoms with Gasteiger partial charge in [0, 0.05) is 12.2 Å². The largest absolute Gasteiger partial charge is 0.508 e. The van der Waals surface area contributed by atoms with Crippen LogP contribution in [0.3, 0.4) is 0 Å². The van der Waals surface area contributed by atoms with Crippen LogP contribution in [0, 0.1) is 0 Å². The minimum atomic E-state index is -0.598. The Balaban J connectivity index is 1.80. The van der Waals surface area contributed by atoms with Gasteiger partial charge in [0.25, 0.3) is 0 Å². The van der Waals surface area contributed by atoms with Gasteiger partial charge in [0.05, 0.1) is 5.92 Å². The zero-order chi connectivity index (χ0) is 21.3. The average Bonchev–Trinajstić information content (AvgIpc) is 2.77.